The number of alkyl halides is 3. The molecule has 0 spiro atoms. The predicted octanol–water partition coefficient (Wildman–Crippen LogP) is 4.56. The summed E-state index contributed by atoms with van der Waals surface area (Å²) in [6.07, 6.45) is -0.894. The number of pyridine rings is 1. The minimum atomic E-state index is -4.34. The Balaban J connectivity index is 0.00000121. The zero-order valence-electron chi connectivity index (χ0n) is 11.7. The highest BCUT2D eigenvalue weighted by Gasteiger charge is 2.33. The second-order valence-corrected chi connectivity index (χ2v) is 5.12. The molecule has 1 aromatic heterocycles. The van der Waals surface area contributed by atoms with Gasteiger partial charge in [0.05, 0.1) is 11.1 Å². The highest BCUT2D eigenvalue weighted by molar-refractivity contribution is 5.86. The lowest BCUT2D eigenvalue weighted by atomic mass is 9.87. The first-order valence-corrected chi connectivity index (χ1v) is 6.73. The molecular formula is C15H17Cl2F3N2. The summed E-state index contributed by atoms with van der Waals surface area (Å²) in [4.78, 5) is 4.21. The van der Waals surface area contributed by atoms with E-state index in [2.05, 4.69) is 10.3 Å². The van der Waals surface area contributed by atoms with Gasteiger partial charge in [0, 0.05) is 11.6 Å². The summed E-state index contributed by atoms with van der Waals surface area (Å²) in [5.74, 6) is 0.288. The highest BCUT2D eigenvalue weighted by atomic mass is 35.5. The van der Waals surface area contributed by atoms with Crippen LogP contribution in [0.5, 0.6) is 0 Å². The lowest BCUT2D eigenvalue weighted by Crippen LogP contribution is -2.26. The van der Waals surface area contributed by atoms with Gasteiger partial charge in [-0.3, -0.25) is 4.98 Å². The number of nitrogens with zero attached hydrogens (tertiary/aromatic N) is 1. The van der Waals surface area contributed by atoms with Crippen LogP contribution in [0.25, 0.3) is 10.9 Å². The largest absolute Gasteiger partial charge is 0.417 e. The van der Waals surface area contributed by atoms with E-state index >= 15 is 0 Å². The van der Waals surface area contributed by atoms with Gasteiger partial charge in [0.2, 0.25) is 0 Å². The molecule has 122 valence electrons. The normalized spacial score (nSPS) is 16.0. The zero-order valence-corrected chi connectivity index (χ0v) is 13.3. The third-order valence-corrected chi connectivity index (χ3v) is 3.89. The van der Waals surface area contributed by atoms with Gasteiger partial charge < -0.3 is 5.32 Å². The molecule has 1 aliphatic rings. The molecule has 1 aliphatic heterocycles. The topological polar surface area (TPSA) is 24.9 Å². The number of piperidine rings is 1. The predicted molar refractivity (Wildman–Crippen MR) is 86.1 cm³/mol. The van der Waals surface area contributed by atoms with Crippen LogP contribution in [-0.4, -0.2) is 18.1 Å². The van der Waals surface area contributed by atoms with E-state index in [0.29, 0.717) is 5.52 Å². The summed E-state index contributed by atoms with van der Waals surface area (Å²) < 4.78 is 39.2. The molecular weight excluding hydrogens is 336 g/mol. The first-order valence-electron chi connectivity index (χ1n) is 6.73. The van der Waals surface area contributed by atoms with Gasteiger partial charge in [-0.05, 0) is 49.5 Å². The van der Waals surface area contributed by atoms with E-state index in [4.69, 9.17) is 0 Å². The molecule has 0 aliphatic carbocycles. The SMILES string of the molecule is Cl.Cl.FC(F)(F)c1ccc(C2CCNCC2)c2ncccc12. The number of nitrogens with one attached hydrogen (secondary N) is 1. The number of halogens is 5. The maximum atomic E-state index is 13.1. The third kappa shape index (κ3) is 3.65. The van der Waals surface area contributed by atoms with Crippen LogP contribution in [0.2, 0.25) is 0 Å². The summed E-state index contributed by atoms with van der Waals surface area (Å²) in [7, 11) is 0. The van der Waals surface area contributed by atoms with Gasteiger partial charge in [0.25, 0.3) is 0 Å². The number of fused-ring (bicyclic) bond motifs is 1. The minimum Gasteiger partial charge on any atom is -0.317 e. The standard InChI is InChI=1S/C15H15F3N2.2ClH/c16-15(17,18)13-4-3-11(10-5-8-19-9-6-10)14-12(13)2-1-7-20-14;;/h1-4,7,10,19H,5-6,8-9H2;2*1H. The van der Waals surface area contributed by atoms with Crippen molar-refractivity contribution in [1.82, 2.24) is 10.3 Å². The molecule has 1 fully saturated rings. The Hall–Kier alpha value is -1.04. The first kappa shape index (κ1) is 19.0. The molecule has 2 aromatic rings. The highest BCUT2D eigenvalue weighted by Crippen LogP contribution is 2.38. The lowest BCUT2D eigenvalue weighted by Gasteiger charge is -2.24. The maximum Gasteiger partial charge on any atom is 0.417 e. The van der Waals surface area contributed by atoms with Crippen molar-refractivity contribution >= 4 is 35.7 Å². The van der Waals surface area contributed by atoms with E-state index in [0.717, 1.165) is 31.5 Å². The fraction of sp³-hybridized carbons (Fsp3) is 0.400. The molecule has 1 aromatic carbocycles. The number of hydrogen-bond donors (Lipinski definition) is 1. The van der Waals surface area contributed by atoms with Gasteiger partial charge >= 0.3 is 6.18 Å². The van der Waals surface area contributed by atoms with Gasteiger partial charge in [-0.2, -0.15) is 13.2 Å². The van der Waals surface area contributed by atoms with Crippen LogP contribution in [0.4, 0.5) is 13.2 Å². The van der Waals surface area contributed by atoms with Crippen molar-refractivity contribution < 1.29 is 13.2 Å². The van der Waals surface area contributed by atoms with E-state index in [1.165, 1.54) is 12.1 Å². The van der Waals surface area contributed by atoms with Crippen LogP contribution in [-0.2, 0) is 6.18 Å². The molecule has 0 atom stereocenters. The van der Waals surface area contributed by atoms with Gasteiger partial charge in [-0.25, -0.2) is 0 Å². The Morgan fingerprint density at radius 1 is 1.05 bits per heavy atom. The van der Waals surface area contributed by atoms with Gasteiger partial charge in [-0.1, -0.05) is 12.1 Å². The van der Waals surface area contributed by atoms with Crippen LogP contribution < -0.4 is 5.32 Å². The fourth-order valence-electron chi connectivity index (χ4n) is 2.90. The van der Waals surface area contributed by atoms with E-state index in [1.54, 1.807) is 18.3 Å². The average Bonchev–Trinajstić information content (AvgIpc) is 2.46. The number of aromatic nitrogens is 1. The van der Waals surface area contributed by atoms with E-state index in [9.17, 15) is 13.2 Å². The van der Waals surface area contributed by atoms with Crippen molar-refractivity contribution in [3.8, 4) is 0 Å². The van der Waals surface area contributed by atoms with Crippen LogP contribution in [0, 0.1) is 0 Å². The molecule has 3 rings (SSSR count). The first-order chi connectivity index (χ1) is 9.57. The molecule has 0 bridgehead atoms. The molecule has 0 unspecified atom stereocenters. The Bertz CT molecular complexity index is 626. The van der Waals surface area contributed by atoms with Gasteiger partial charge in [-0.15, -0.1) is 24.8 Å². The maximum absolute atomic E-state index is 13.1. The Morgan fingerprint density at radius 3 is 2.36 bits per heavy atom. The van der Waals surface area contributed by atoms with Crippen molar-refractivity contribution in [3.63, 3.8) is 0 Å². The van der Waals surface area contributed by atoms with Crippen LogP contribution >= 0.6 is 24.8 Å². The fourth-order valence-corrected chi connectivity index (χ4v) is 2.90. The summed E-state index contributed by atoms with van der Waals surface area (Å²) in [6, 6.07) is 5.87. The third-order valence-electron chi connectivity index (χ3n) is 3.89. The zero-order chi connectivity index (χ0) is 14.2. The smallest absolute Gasteiger partial charge is 0.317 e. The average molecular weight is 353 g/mol. The van der Waals surface area contributed by atoms with Gasteiger partial charge in [0.15, 0.2) is 0 Å². The number of benzene rings is 1. The molecule has 22 heavy (non-hydrogen) atoms. The summed E-state index contributed by atoms with van der Waals surface area (Å²) in [6.45, 7) is 1.81. The molecule has 2 heterocycles. The lowest BCUT2D eigenvalue weighted by molar-refractivity contribution is -0.136. The summed E-state index contributed by atoms with van der Waals surface area (Å²) in [5.41, 5.74) is 0.836. The quantitative estimate of drug-likeness (QED) is 0.813. The monoisotopic (exact) mass is 352 g/mol. The molecule has 0 amide bonds. The van der Waals surface area contributed by atoms with Gasteiger partial charge in [0.1, 0.15) is 0 Å². The van der Waals surface area contributed by atoms with Crippen molar-refractivity contribution in [2.45, 2.75) is 24.9 Å². The number of hydrogen-bond acceptors (Lipinski definition) is 2. The Morgan fingerprint density at radius 2 is 1.73 bits per heavy atom. The second-order valence-electron chi connectivity index (χ2n) is 5.12. The van der Waals surface area contributed by atoms with Crippen molar-refractivity contribution in [2.75, 3.05) is 13.1 Å². The van der Waals surface area contributed by atoms with Crippen LogP contribution in [0.1, 0.15) is 29.9 Å². The Kier molecular flexibility index (Phi) is 6.47. The Labute approximate surface area is 139 Å². The van der Waals surface area contributed by atoms with E-state index < -0.39 is 11.7 Å². The van der Waals surface area contributed by atoms with E-state index in [1.807, 2.05) is 0 Å². The molecule has 0 saturated carbocycles. The van der Waals surface area contributed by atoms with Crippen molar-refractivity contribution in [2.24, 2.45) is 0 Å². The molecule has 1 saturated heterocycles. The molecule has 7 heteroatoms. The van der Waals surface area contributed by atoms with E-state index in [-0.39, 0.29) is 36.1 Å². The van der Waals surface area contributed by atoms with Crippen LogP contribution in [0.3, 0.4) is 0 Å². The minimum absolute atomic E-state index is 0. The second kappa shape index (κ2) is 7.49. The summed E-state index contributed by atoms with van der Waals surface area (Å²) in [5, 5.41) is 3.47. The van der Waals surface area contributed by atoms with Crippen molar-refractivity contribution in [3.05, 3.63) is 41.6 Å². The summed E-state index contributed by atoms with van der Waals surface area (Å²) >= 11 is 0. The number of rotatable bonds is 1. The molecule has 2 nitrogen and oxygen atoms in total. The molecule has 1 N–H and O–H groups in total. The van der Waals surface area contributed by atoms with Crippen LogP contribution in [0.15, 0.2) is 30.5 Å². The van der Waals surface area contributed by atoms with Crippen molar-refractivity contribution in [1.29, 1.82) is 0 Å². The molecule has 0 radical (unpaired) electrons.